The maximum absolute atomic E-state index is 13.4. The Labute approximate surface area is 189 Å². The van der Waals surface area contributed by atoms with Crippen molar-refractivity contribution in [3.8, 4) is 5.75 Å². The van der Waals surface area contributed by atoms with Gasteiger partial charge in [0.2, 0.25) is 0 Å². The predicted molar refractivity (Wildman–Crippen MR) is 120 cm³/mol. The van der Waals surface area contributed by atoms with E-state index in [2.05, 4.69) is 4.98 Å². The minimum Gasteiger partial charge on any atom is -0.489 e. The van der Waals surface area contributed by atoms with Crippen LogP contribution in [0.1, 0.15) is 57.7 Å². The lowest BCUT2D eigenvalue weighted by Crippen LogP contribution is -2.41. The van der Waals surface area contributed by atoms with Crippen LogP contribution in [0.25, 0.3) is 0 Å². The van der Waals surface area contributed by atoms with Gasteiger partial charge in [-0.1, -0.05) is 42.7 Å². The van der Waals surface area contributed by atoms with E-state index in [1.54, 1.807) is 41.3 Å². The van der Waals surface area contributed by atoms with Crippen LogP contribution in [0.2, 0.25) is 0 Å². The number of carbonyl (C=O) groups excluding carboxylic acids is 1. The topological polar surface area (TPSA) is 79.7 Å². The van der Waals surface area contributed by atoms with E-state index >= 15 is 0 Å². The minimum absolute atomic E-state index is 0.00144. The molecule has 1 aromatic heterocycles. The van der Waals surface area contributed by atoms with E-state index in [0.29, 0.717) is 23.1 Å². The number of carboxylic acid groups (broad SMARTS) is 1. The molecule has 1 aliphatic carbocycles. The van der Waals surface area contributed by atoms with Crippen LogP contribution in [0.3, 0.4) is 0 Å². The van der Waals surface area contributed by atoms with Crippen molar-refractivity contribution in [2.45, 2.75) is 44.8 Å². The Morgan fingerprint density at radius 3 is 2.38 bits per heavy atom. The van der Waals surface area contributed by atoms with Gasteiger partial charge in [-0.15, -0.1) is 0 Å². The van der Waals surface area contributed by atoms with Crippen LogP contribution in [0.5, 0.6) is 5.75 Å². The number of hydrogen-bond acceptors (Lipinski definition) is 5. The summed E-state index contributed by atoms with van der Waals surface area (Å²) >= 11 is 1.02. The second-order valence-corrected chi connectivity index (χ2v) is 8.73. The van der Waals surface area contributed by atoms with Crippen LogP contribution >= 0.6 is 11.3 Å². The molecule has 166 valence electrons. The first-order chi connectivity index (χ1) is 15.5. The normalized spacial score (nSPS) is 14.2. The summed E-state index contributed by atoms with van der Waals surface area (Å²) in [5, 5.41) is 9.67. The number of thiazole rings is 1. The van der Waals surface area contributed by atoms with E-state index in [0.717, 1.165) is 49.0 Å². The molecule has 0 unspecified atom stereocenters. The molecule has 1 aliphatic rings. The average molecular weight is 455 g/mol. The van der Waals surface area contributed by atoms with Crippen molar-refractivity contribution in [1.82, 2.24) is 4.98 Å². The van der Waals surface area contributed by atoms with E-state index in [9.17, 15) is 19.1 Å². The Balaban J connectivity index is 1.50. The fourth-order valence-electron chi connectivity index (χ4n) is 3.80. The van der Waals surface area contributed by atoms with Gasteiger partial charge in [0, 0.05) is 11.6 Å². The number of aromatic nitrogens is 1. The molecule has 1 amide bonds. The van der Waals surface area contributed by atoms with Crippen LogP contribution in [-0.4, -0.2) is 28.0 Å². The number of nitrogens with zero attached hydrogens (tertiary/aromatic N) is 2. The molecule has 0 spiro atoms. The zero-order chi connectivity index (χ0) is 22.5. The maximum Gasteiger partial charge on any atom is 0.347 e. The zero-order valence-corrected chi connectivity index (χ0v) is 18.2. The van der Waals surface area contributed by atoms with Crippen molar-refractivity contribution >= 4 is 28.3 Å². The fourth-order valence-corrected chi connectivity index (χ4v) is 4.63. The summed E-state index contributed by atoms with van der Waals surface area (Å²) in [7, 11) is 0. The quantitative estimate of drug-likeness (QED) is 0.507. The first kappa shape index (κ1) is 22.0. The van der Waals surface area contributed by atoms with Gasteiger partial charge in [0.1, 0.15) is 23.1 Å². The third kappa shape index (κ3) is 5.13. The Morgan fingerprint density at radius 1 is 1.06 bits per heavy atom. The average Bonchev–Trinajstić information content (AvgIpc) is 3.30. The van der Waals surface area contributed by atoms with Gasteiger partial charge in [-0.25, -0.2) is 14.2 Å². The number of rotatable bonds is 7. The SMILES string of the molecule is O=C(O)c1cnc(N(C(=O)c2ccc(OCc3ccc(F)cc3)cc2)C2CCCCC2)s1. The molecule has 2 aromatic carbocycles. The predicted octanol–water partition coefficient (Wildman–Crippen LogP) is 5.54. The summed E-state index contributed by atoms with van der Waals surface area (Å²) in [6.07, 6.45) is 6.23. The lowest BCUT2D eigenvalue weighted by molar-refractivity contribution is 0.0701. The highest BCUT2D eigenvalue weighted by atomic mass is 32.1. The number of ether oxygens (including phenoxy) is 1. The van der Waals surface area contributed by atoms with Gasteiger partial charge in [0.15, 0.2) is 5.13 Å². The molecule has 6 nitrogen and oxygen atoms in total. The summed E-state index contributed by atoms with van der Waals surface area (Å²) in [6.45, 7) is 0.291. The van der Waals surface area contributed by atoms with E-state index in [1.165, 1.54) is 18.3 Å². The van der Waals surface area contributed by atoms with E-state index < -0.39 is 5.97 Å². The van der Waals surface area contributed by atoms with Crippen LogP contribution in [0, 0.1) is 5.82 Å². The number of carbonyl (C=O) groups is 2. The number of aromatic carboxylic acids is 1. The van der Waals surface area contributed by atoms with Crippen molar-refractivity contribution in [3.05, 3.63) is 76.5 Å². The first-order valence-corrected chi connectivity index (χ1v) is 11.3. The summed E-state index contributed by atoms with van der Waals surface area (Å²) in [4.78, 5) is 30.7. The van der Waals surface area contributed by atoms with Gasteiger partial charge in [0.05, 0.1) is 6.20 Å². The van der Waals surface area contributed by atoms with Crippen LogP contribution in [0.15, 0.2) is 54.7 Å². The fraction of sp³-hybridized carbons (Fsp3) is 0.292. The molecule has 0 radical (unpaired) electrons. The summed E-state index contributed by atoms with van der Waals surface area (Å²) in [5.41, 5.74) is 1.32. The molecule has 0 saturated heterocycles. The van der Waals surface area contributed by atoms with E-state index in [1.807, 2.05) is 0 Å². The number of carboxylic acids is 1. The van der Waals surface area contributed by atoms with Gasteiger partial charge in [-0.05, 0) is 54.8 Å². The van der Waals surface area contributed by atoms with Crippen molar-refractivity contribution < 1.29 is 23.8 Å². The molecule has 3 aromatic rings. The Bertz CT molecular complexity index is 1080. The summed E-state index contributed by atoms with van der Waals surface area (Å²) in [5.74, 6) is -0.951. The third-order valence-electron chi connectivity index (χ3n) is 5.49. The highest BCUT2D eigenvalue weighted by Gasteiger charge is 2.30. The molecule has 4 rings (SSSR count). The largest absolute Gasteiger partial charge is 0.489 e. The molecule has 0 atom stereocenters. The third-order valence-corrected chi connectivity index (χ3v) is 6.47. The van der Waals surface area contributed by atoms with Crippen LogP contribution in [-0.2, 0) is 6.61 Å². The van der Waals surface area contributed by atoms with Gasteiger partial charge in [-0.2, -0.15) is 0 Å². The van der Waals surface area contributed by atoms with Crippen molar-refractivity contribution in [2.24, 2.45) is 0 Å². The maximum atomic E-state index is 13.4. The molecule has 1 heterocycles. The highest BCUT2D eigenvalue weighted by Crippen LogP contribution is 2.32. The van der Waals surface area contributed by atoms with E-state index in [4.69, 9.17) is 4.74 Å². The number of benzene rings is 2. The molecular formula is C24H23FN2O4S. The second-order valence-electron chi connectivity index (χ2n) is 7.72. The molecule has 0 aliphatic heterocycles. The molecule has 0 bridgehead atoms. The molecule has 1 N–H and O–H groups in total. The first-order valence-electron chi connectivity index (χ1n) is 10.5. The monoisotopic (exact) mass is 454 g/mol. The van der Waals surface area contributed by atoms with Gasteiger partial charge in [0.25, 0.3) is 5.91 Å². The lowest BCUT2D eigenvalue weighted by atomic mass is 9.94. The number of anilines is 1. The molecule has 1 fully saturated rings. The molecular weight excluding hydrogens is 431 g/mol. The van der Waals surface area contributed by atoms with Crippen molar-refractivity contribution in [3.63, 3.8) is 0 Å². The number of hydrogen-bond donors (Lipinski definition) is 1. The van der Waals surface area contributed by atoms with Crippen LogP contribution < -0.4 is 9.64 Å². The van der Waals surface area contributed by atoms with Gasteiger partial charge < -0.3 is 9.84 Å². The zero-order valence-electron chi connectivity index (χ0n) is 17.4. The standard InChI is InChI=1S/C24H23FN2O4S/c25-18-10-6-16(7-11-18)15-31-20-12-8-17(9-13-20)22(28)27(19-4-2-1-3-5-19)24-26-14-21(32-24)23(29)30/h6-14,19H,1-5,15H2,(H,29,30). The number of halogens is 1. The molecule has 32 heavy (non-hydrogen) atoms. The molecule has 1 saturated carbocycles. The highest BCUT2D eigenvalue weighted by molar-refractivity contribution is 7.17. The Morgan fingerprint density at radius 2 is 1.75 bits per heavy atom. The summed E-state index contributed by atoms with van der Waals surface area (Å²) in [6, 6.07) is 12.9. The van der Waals surface area contributed by atoms with E-state index in [-0.39, 0.29) is 22.6 Å². The van der Waals surface area contributed by atoms with Gasteiger partial charge >= 0.3 is 5.97 Å². The Kier molecular flexibility index (Phi) is 6.80. The van der Waals surface area contributed by atoms with Crippen molar-refractivity contribution in [2.75, 3.05) is 4.90 Å². The van der Waals surface area contributed by atoms with Gasteiger partial charge in [-0.3, -0.25) is 9.69 Å². The van der Waals surface area contributed by atoms with Crippen LogP contribution in [0.4, 0.5) is 9.52 Å². The second kappa shape index (κ2) is 9.91. The lowest BCUT2D eigenvalue weighted by Gasteiger charge is -2.32. The van der Waals surface area contributed by atoms with Crippen molar-refractivity contribution in [1.29, 1.82) is 0 Å². The molecule has 8 heteroatoms. The Hall–Kier alpha value is -3.26. The summed E-state index contributed by atoms with van der Waals surface area (Å²) < 4.78 is 18.8. The number of amides is 1. The smallest absolute Gasteiger partial charge is 0.347 e. The minimum atomic E-state index is -1.05.